The summed E-state index contributed by atoms with van der Waals surface area (Å²) in [6.45, 7) is -0.618. The van der Waals surface area contributed by atoms with E-state index < -0.39 is 12.6 Å². The lowest BCUT2D eigenvalue weighted by Crippen LogP contribution is -2.01. The molecule has 0 aliphatic rings. The predicted molar refractivity (Wildman–Crippen MR) is 41.2 cm³/mol. The van der Waals surface area contributed by atoms with Gasteiger partial charge in [-0.25, -0.2) is 4.39 Å². The average Bonchev–Trinajstić information content (AvgIpc) is 2.09. The summed E-state index contributed by atoms with van der Waals surface area (Å²) >= 11 is 0. The fraction of sp³-hybridized carbons (Fsp3) is 0.222. The van der Waals surface area contributed by atoms with Crippen molar-refractivity contribution < 1.29 is 9.18 Å². The summed E-state index contributed by atoms with van der Waals surface area (Å²) in [5.41, 5.74) is 0.741. The highest BCUT2D eigenvalue weighted by molar-refractivity contribution is 5.62. The molecular formula is C9H9FO. The minimum absolute atomic E-state index is 0.587. The Morgan fingerprint density at radius 3 is 2.45 bits per heavy atom. The molecule has 11 heavy (non-hydrogen) atoms. The van der Waals surface area contributed by atoms with Gasteiger partial charge < -0.3 is 4.79 Å². The zero-order valence-electron chi connectivity index (χ0n) is 6.03. The van der Waals surface area contributed by atoms with Gasteiger partial charge in [-0.15, -0.1) is 0 Å². The van der Waals surface area contributed by atoms with Gasteiger partial charge in [0.15, 0.2) is 0 Å². The summed E-state index contributed by atoms with van der Waals surface area (Å²) in [5.74, 6) is -0.587. The van der Waals surface area contributed by atoms with Gasteiger partial charge in [0.1, 0.15) is 13.0 Å². The first-order valence-electron chi connectivity index (χ1n) is 3.44. The third-order valence-corrected chi connectivity index (χ3v) is 1.56. The summed E-state index contributed by atoms with van der Waals surface area (Å²) in [6, 6.07) is 8.92. The lowest BCUT2D eigenvalue weighted by molar-refractivity contribution is -0.109. The molecule has 0 saturated carbocycles. The van der Waals surface area contributed by atoms with Crippen molar-refractivity contribution in [3.05, 3.63) is 35.9 Å². The number of carbonyl (C=O) groups excluding carboxylic acids is 1. The largest absolute Gasteiger partial charge is 0.303 e. The average molecular weight is 152 g/mol. The monoisotopic (exact) mass is 152 g/mol. The van der Waals surface area contributed by atoms with Crippen molar-refractivity contribution in [2.45, 2.75) is 5.92 Å². The molecular weight excluding hydrogens is 143 g/mol. The van der Waals surface area contributed by atoms with E-state index in [0.29, 0.717) is 6.29 Å². The molecule has 0 N–H and O–H groups in total. The van der Waals surface area contributed by atoms with Crippen LogP contribution in [0.5, 0.6) is 0 Å². The molecule has 0 aliphatic carbocycles. The molecule has 58 valence electrons. The molecule has 2 heteroatoms. The van der Waals surface area contributed by atoms with Gasteiger partial charge in [0.05, 0.1) is 5.92 Å². The first-order chi connectivity index (χ1) is 5.38. The molecule has 0 aliphatic heterocycles. The maximum atomic E-state index is 12.1. The number of hydrogen-bond donors (Lipinski definition) is 0. The van der Waals surface area contributed by atoms with E-state index in [-0.39, 0.29) is 0 Å². The van der Waals surface area contributed by atoms with Gasteiger partial charge >= 0.3 is 0 Å². The summed E-state index contributed by atoms with van der Waals surface area (Å²) < 4.78 is 12.1. The second-order valence-corrected chi connectivity index (χ2v) is 2.31. The van der Waals surface area contributed by atoms with E-state index in [1.165, 1.54) is 0 Å². The molecule has 0 saturated heterocycles. The Morgan fingerprint density at radius 1 is 1.36 bits per heavy atom. The molecule has 0 spiro atoms. The zero-order valence-corrected chi connectivity index (χ0v) is 6.03. The number of benzene rings is 1. The second kappa shape index (κ2) is 3.86. The van der Waals surface area contributed by atoms with Gasteiger partial charge in [0.25, 0.3) is 0 Å². The molecule has 1 atom stereocenters. The van der Waals surface area contributed by atoms with Gasteiger partial charge in [-0.1, -0.05) is 30.3 Å². The molecule has 0 bridgehead atoms. The summed E-state index contributed by atoms with van der Waals surface area (Å²) in [5, 5.41) is 0. The molecule has 0 radical (unpaired) electrons. The summed E-state index contributed by atoms with van der Waals surface area (Å²) in [7, 11) is 0. The molecule has 1 aromatic rings. The Morgan fingerprint density at radius 2 is 2.00 bits per heavy atom. The van der Waals surface area contributed by atoms with Crippen LogP contribution < -0.4 is 0 Å². The second-order valence-electron chi connectivity index (χ2n) is 2.31. The van der Waals surface area contributed by atoms with Gasteiger partial charge in [0.2, 0.25) is 0 Å². The van der Waals surface area contributed by atoms with Crippen LogP contribution in [0.4, 0.5) is 4.39 Å². The fourth-order valence-electron chi connectivity index (χ4n) is 0.904. The van der Waals surface area contributed by atoms with Gasteiger partial charge in [-0.2, -0.15) is 0 Å². The van der Waals surface area contributed by atoms with Crippen molar-refractivity contribution in [1.29, 1.82) is 0 Å². The van der Waals surface area contributed by atoms with Crippen LogP contribution in [0, 0.1) is 0 Å². The topological polar surface area (TPSA) is 17.1 Å². The van der Waals surface area contributed by atoms with E-state index in [1.807, 2.05) is 6.07 Å². The van der Waals surface area contributed by atoms with Crippen LogP contribution in [0.3, 0.4) is 0 Å². The Bertz CT molecular complexity index is 220. The van der Waals surface area contributed by atoms with Crippen LogP contribution in [0.15, 0.2) is 30.3 Å². The third-order valence-electron chi connectivity index (χ3n) is 1.56. The minimum atomic E-state index is -0.618. The van der Waals surface area contributed by atoms with E-state index in [2.05, 4.69) is 0 Å². The molecule has 1 rings (SSSR count). The summed E-state index contributed by atoms with van der Waals surface area (Å²) in [4.78, 5) is 10.3. The quantitative estimate of drug-likeness (QED) is 0.605. The van der Waals surface area contributed by atoms with Crippen LogP contribution in [0.2, 0.25) is 0 Å². The number of carbonyl (C=O) groups is 1. The fourth-order valence-corrected chi connectivity index (χ4v) is 0.904. The van der Waals surface area contributed by atoms with Gasteiger partial charge in [0, 0.05) is 0 Å². The number of alkyl halides is 1. The highest BCUT2D eigenvalue weighted by Gasteiger charge is 2.07. The standard InChI is InChI=1S/C9H9FO/c10-6-9(7-11)8-4-2-1-3-5-8/h1-5,7,9H,6H2. The Kier molecular flexibility index (Phi) is 2.78. The zero-order chi connectivity index (χ0) is 8.10. The predicted octanol–water partition coefficient (Wildman–Crippen LogP) is 1.94. The Labute approximate surface area is 64.9 Å². The molecule has 1 nitrogen and oxygen atoms in total. The van der Waals surface area contributed by atoms with Crippen LogP contribution in [0.1, 0.15) is 11.5 Å². The van der Waals surface area contributed by atoms with Crippen LogP contribution in [-0.2, 0) is 4.79 Å². The molecule has 1 unspecified atom stereocenters. The van der Waals surface area contributed by atoms with E-state index in [4.69, 9.17) is 0 Å². The number of aldehydes is 1. The Hall–Kier alpha value is -1.18. The number of halogens is 1. The highest BCUT2D eigenvalue weighted by Crippen LogP contribution is 2.12. The molecule has 0 heterocycles. The molecule has 0 aromatic heterocycles. The van der Waals surface area contributed by atoms with E-state index in [1.54, 1.807) is 24.3 Å². The van der Waals surface area contributed by atoms with Crippen molar-refractivity contribution in [3.63, 3.8) is 0 Å². The minimum Gasteiger partial charge on any atom is -0.303 e. The van der Waals surface area contributed by atoms with E-state index >= 15 is 0 Å². The van der Waals surface area contributed by atoms with Crippen molar-refractivity contribution in [1.82, 2.24) is 0 Å². The SMILES string of the molecule is O=CC(CF)c1ccccc1. The molecule has 0 amide bonds. The van der Waals surface area contributed by atoms with Crippen LogP contribution in [0.25, 0.3) is 0 Å². The van der Waals surface area contributed by atoms with Crippen molar-refractivity contribution in [2.24, 2.45) is 0 Å². The lowest BCUT2D eigenvalue weighted by Gasteiger charge is -2.03. The van der Waals surface area contributed by atoms with E-state index in [9.17, 15) is 9.18 Å². The van der Waals surface area contributed by atoms with Crippen LogP contribution >= 0.6 is 0 Å². The lowest BCUT2D eigenvalue weighted by atomic mass is 10.0. The third kappa shape index (κ3) is 1.87. The van der Waals surface area contributed by atoms with Crippen molar-refractivity contribution in [3.8, 4) is 0 Å². The summed E-state index contributed by atoms with van der Waals surface area (Å²) in [6.07, 6.45) is 0.634. The first-order valence-corrected chi connectivity index (χ1v) is 3.44. The van der Waals surface area contributed by atoms with Crippen molar-refractivity contribution in [2.75, 3.05) is 6.67 Å². The highest BCUT2D eigenvalue weighted by atomic mass is 19.1. The van der Waals surface area contributed by atoms with Crippen LogP contribution in [-0.4, -0.2) is 13.0 Å². The Balaban J connectivity index is 2.82. The molecule has 1 aromatic carbocycles. The van der Waals surface area contributed by atoms with Gasteiger partial charge in [-0.05, 0) is 5.56 Å². The molecule has 0 fully saturated rings. The number of hydrogen-bond acceptors (Lipinski definition) is 1. The number of rotatable bonds is 3. The normalized spacial score (nSPS) is 12.5. The van der Waals surface area contributed by atoms with Crippen molar-refractivity contribution >= 4 is 6.29 Å². The maximum Gasteiger partial charge on any atom is 0.130 e. The van der Waals surface area contributed by atoms with Gasteiger partial charge in [-0.3, -0.25) is 0 Å². The maximum absolute atomic E-state index is 12.1. The van der Waals surface area contributed by atoms with E-state index in [0.717, 1.165) is 5.56 Å². The smallest absolute Gasteiger partial charge is 0.130 e. The first kappa shape index (κ1) is 7.92.